The lowest BCUT2D eigenvalue weighted by atomic mass is 10.1. The molecule has 19 heavy (non-hydrogen) atoms. The molecule has 4 nitrogen and oxygen atoms in total. The number of benzene rings is 1. The normalized spacial score (nSPS) is 24.3. The van der Waals surface area contributed by atoms with E-state index in [4.69, 9.17) is 0 Å². The molecule has 1 aliphatic heterocycles. The number of carbonyl (C=O) groups excluding carboxylic acids is 1. The number of rotatable bonds is 2. The van der Waals surface area contributed by atoms with Crippen LogP contribution in [0.3, 0.4) is 0 Å². The lowest BCUT2D eigenvalue weighted by Crippen LogP contribution is -2.45. The van der Waals surface area contributed by atoms with Gasteiger partial charge < -0.3 is 15.3 Å². The molecule has 104 valence electrons. The van der Waals surface area contributed by atoms with Gasteiger partial charge in [-0.15, -0.1) is 0 Å². The maximum atomic E-state index is 12.3. The number of phenols is 1. The minimum atomic E-state index is -0.111. The molecule has 1 saturated heterocycles. The topological polar surface area (TPSA) is 52.6 Å². The monoisotopic (exact) mass is 262 g/mol. The molecule has 0 bridgehead atoms. The van der Waals surface area contributed by atoms with Crippen molar-refractivity contribution in [3.63, 3.8) is 0 Å². The Morgan fingerprint density at radius 2 is 2.00 bits per heavy atom. The van der Waals surface area contributed by atoms with E-state index in [9.17, 15) is 9.90 Å². The number of hydrogen-bond acceptors (Lipinski definition) is 2. The zero-order valence-electron chi connectivity index (χ0n) is 11.8. The number of amides is 2. The van der Waals surface area contributed by atoms with Crippen molar-refractivity contribution in [2.75, 3.05) is 0 Å². The van der Waals surface area contributed by atoms with E-state index in [2.05, 4.69) is 19.2 Å². The Bertz CT molecular complexity index is 451. The second kappa shape index (κ2) is 5.51. The molecule has 2 N–H and O–H groups in total. The first-order chi connectivity index (χ1) is 8.99. The second-order valence-electron chi connectivity index (χ2n) is 5.45. The molecule has 0 radical (unpaired) electrons. The average molecular weight is 262 g/mol. The fourth-order valence-electron chi connectivity index (χ4n) is 2.73. The van der Waals surface area contributed by atoms with E-state index in [1.165, 1.54) is 0 Å². The number of likely N-dealkylation sites (tertiary alicyclic amines) is 1. The Hall–Kier alpha value is -1.71. The van der Waals surface area contributed by atoms with E-state index in [0.29, 0.717) is 12.1 Å². The summed E-state index contributed by atoms with van der Waals surface area (Å²) in [6.07, 6.45) is 2.13. The van der Waals surface area contributed by atoms with Crippen LogP contribution in [0.5, 0.6) is 5.75 Å². The standard InChI is InChI=1S/C15H22N2O2/c1-10-7-8-11(2)17(10)15(19)16-12(3)13-5-4-6-14(18)9-13/h4-6,9-12,18H,7-8H2,1-3H3,(H,16,19)/t10?,11?,12-/m1/s1. The number of nitrogens with zero attached hydrogens (tertiary/aromatic N) is 1. The molecule has 0 aliphatic carbocycles. The first-order valence-corrected chi connectivity index (χ1v) is 6.87. The van der Waals surface area contributed by atoms with E-state index < -0.39 is 0 Å². The van der Waals surface area contributed by atoms with Crippen molar-refractivity contribution < 1.29 is 9.90 Å². The van der Waals surface area contributed by atoms with Crippen LogP contribution in [0.4, 0.5) is 4.79 Å². The largest absolute Gasteiger partial charge is 0.508 e. The number of phenolic OH excluding ortho intramolecular Hbond substituents is 1. The molecule has 0 spiro atoms. The van der Waals surface area contributed by atoms with Crippen molar-refractivity contribution in [3.05, 3.63) is 29.8 Å². The molecule has 2 amide bonds. The molecule has 1 aromatic carbocycles. The molecular formula is C15H22N2O2. The smallest absolute Gasteiger partial charge is 0.318 e. The molecule has 1 aliphatic rings. The zero-order chi connectivity index (χ0) is 14.0. The van der Waals surface area contributed by atoms with Crippen molar-refractivity contribution >= 4 is 6.03 Å². The first kappa shape index (κ1) is 13.7. The van der Waals surface area contributed by atoms with Crippen LogP contribution in [-0.4, -0.2) is 28.1 Å². The minimum Gasteiger partial charge on any atom is -0.508 e. The quantitative estimate of drug-likeness (QED) is 0.860. The second-order valence-corrected chi connectivity index (χ2v) is 5.45. The average Bonchev–Trinajstić information content (AvgIpc) is 2.69. The van der Waals surface area contributed by atoms with Gasteiger partial charge in [0.2, 0.25) is 0 Å². The summed E-state index contributed by atoms with van der Waals surface area (Å²) in [4.78, 5) is 14.2. The Balaban J connectivity index is 2.02. The number of urea groups is 1. The van der Waals surface area contributed by atoms with Crippen LogP contribution in [0.15, 0.2) is 24.3 Å². The summed E-state index contributed by atoms with van der Waals surface area (Å²) >= 11 is 0. The summed E-state index contributed by atoms with van der Waals surface area (Å²) in [5.41, 5.74) is 0.910. The van der Waals surface area contributed by atoms with Gasteiger partial charge in [0.1, 0.15) is 5.75 Å². The van der Waals surface area contributed by atoms with E-state index in [1.807, 2.05) is 17.9 Å². The van der Waals surface area contributed by atoms with Gasteiger partial charge in [-0.25, -0.2) is 4.79 Å². The van der Waals surface area contributed by atoms with Crippen LogP contribution < -0.4 is 5.32 Å². The molecule has 2 unspecified atom stereocenters. The summed E-state index contributed by atoms with van der Waals surface area (Å²) in [5, 5.41) is 12.5. The predicted octanol–water partition coefficient (Wildman–Crippen LogP) is 3.04. The van der Waals surface area contributed by atoms with Gasteiger partial charge in [0.25, 0.3) is 0 Å². The van der Waals surface area contributed by atoms with Crippen LogP contribution in [0.1, 0.15) is 45.2 Å². The highest BCUT2D eigenvalue weighted by Gasteiger charge is 2.31. The molecule has 3 atom stereocenters. The van der Waals surface area contributed by atoms with Crippen LogP contribution in [0, 0.1) is 0 Å². The van der Waals surface area contributed by atoms with Crippen molar-refractivity contribution in [1.82, 2.24) is 10.2 Å². The fourth-order valence-corrected chi connectivity index (χ4v) is 2.73. The first-order valence-electron chi connectivity index (χ1n) is 6.87. The Labute approximate surface area is 114 Å². The lowest BCUT2D eigenvalue weighted by Gasteiger charge is -2.28. The van der Waals surface area contributed by atoms with Gasteiger partial charge in [0, 0.05) is 12.1 Å². The highest BCUT2D eigenvalue weighted by atomic mass is 16.3. The van der Waals surface area contributed by atoms with E-state index >= 15 is 0 Å². The molecule has 4 heteroatoms. The molecule has 2 rings (SSSR count). The van der Waals surface area contributed by atoms with Crippen LogP contribution in [0.2, 0.25) is 0 Å². The molecule has 1 fully saturated rings. The van der Waals surface area contributed by atoms with Gasteiger partial charge in [0.05, 0.1) is 6.04 Å². The summed E-state index contributed by atoms with van der Waals surface area (Å²) in [6.45, 7) is 6.10. The third-order valence-electron chi connectivity index (χ3n) is 3.90. The Morgan fingerprint density at radius 3 is 2.58 bits per heavy atom. The summed E-state index contributed by atoms with van der Waals surface area (Å²) in [6, 6.07) is 7.46. The lowest BCUT2D eigenvalue weighted by molar-refractivity contribution is 0.177. The summed E-state index contributed by atoms with van der Waals surface area (Å²) < 4.78 is 0. The third kappa shape index (κ3) is 3.00. The molecule has 1 heterocycles. The SMILES string of the molecule is CC1CCC(C)N1C(=O)N[C@H](C)c1cccc(O)c1. The molecular weight excluding hydrogens is 240 g/mol. The van der Waals surface area contributed by atoms with Crippen molar-refractivity contribution in [2.24, 2.45) is 0 Å². The molecule has 1 aromatic rings. The number of aromatic hydroxyl groups is 1. The highest BCUT2D eigenvalue weighted by Crippen LogP contribution is 2.24. The van der Waals surface area contributed by atoms with Crippen molar-refractivity contribution in [2.45, 2.75) is 51.7 Å². The van der Waals surface area contributed by atoms with Gasteiger partial charge in [-0.1, -0.05) is 12.1 Å². The van der Waals surface area contributed by atoms with E-state index in [0.717, 1.165) is 18.4 Å². The number of carbonyl (C=O) groups is 1. The van der Waals surface area contributed by atoms with Crippen molar-refractivity contribution in [3.8, 4) is 5.75 Å². The Kier molecular flexibility index (Phi) is 3.98. The predicted molar refractivity (Wildman–Crippen MR) is 75.1 cm³/mol. The van der Waals surface area contributed by atoms with Crippen LogP contribution >= 0.6 is 0 Å². The van der Waals surface area contributed by atoms with Crippen LogP contribution in [-0.2, 0) is 0 Å². The van der Waals surface area contributed by atoms with Gasteiger partial charge >= 0.3 is 6.03 Å². The third-order valence-corrected chi connectivity index (χ3v) is 3.90. The number of nitrogens with one attached hydrogen (secondary N) is 1. The van der Waals surface area contributed by atoms with Crippen molar-refractivity contribution in [1.29, 1.82) is 0 Å². The van der Waals surface area contributed by atoms with Gasteiger partial charge in [-0.3, -0.25) is 0 Å². The maximum absolute atomic E-state index is 12.3. The van der Waals surface area contributed by atoms with E-state index in [1.54, 1.807) is 18.2 Å². The zero-order valence-corrected chi connectivity index (χ0v) is 11.8. The summed E-state index contributed by atoms with van der Waals surface area (Å²) in [7, 11) is 0. The van der Waals surface area contributed by atoms with Gasteiger partial charge in [-0.05, 0) is 51.3 Å². The minimum absolute atomic E-state index is 0.0201. The number of hydrogen-bond donors (Lipinski definition) is 2. The highest BCUT2D eigenvalue weighted by molar-refractivity contribution is 5.75. The maximum Gasteiger partial charge on any atom is 0.318 e. The fraction of sp³-hybridized carbons (Fsp3) is 0.533. The molecule has 0 saturated carbocycles. The summed E-state index contributed by atoms with van der Waals surface area (Å²) in [5.74, 6) is 0.224. The van der Waals surface area contributed by atoms with Gasteiger partial charge in [0.15, 0.2) is 0 Å². The Morgan fingerprint density at radius 1 is 1.37 bits per heavy atom. The van der Waals surface area contributed by atoms with Crippen LogP contribution in [0.25, 0.3) is 0 Å². The van der Waals surface area contributed by atoms with Gasteiger partial charge in [-0.2, -0.15) is 0 Å². The molecule has 0 aromatic heterocycles. The van der Waals surface area contributed by atoms with E-state index in [-0.39, 0.29) is 17.8 Å².